The number of amides is 1. The van der Waals surface area contributed by atoms with Crippen LogP contribution in [-0.4, -0.2) is 29.5 Å². The number of carbonyl (C=O) groups is 1. The number of hydrogen-bond donors (Lipinski definition) is 2. The molecule has 138 valence electrons. The number of carbonyl (C=O) groups excluding carboxylic acids is 1. The molecule has 0 aliphatic carbocycles. The van der Waals surface area contributed by atoms with Gasteiger partial charge in [0.15, 0.2) is 0 Å². The summed E-state index contributed by atoms with van der Waals surface area (Å²) >= 11 is 0. The first-order valence-corrected chi connectivity index (χ1v) is 8.74. The molecule has 3 rings (SSSR count). The van der Waals surface area contributed by atoms with Gasteiger partial charge in [-0.1, -0.05) is 12.1 Å². The third kappa shape index (κ3) is 5.54. The van der Waals surface area contributed by atoms with Gasteiger partial charge in [0.1, 0.15) is 11.4 Å². The van der Waals surface area contributed by atoms with Crippen molar-refractivity contribution in [3.8, 4) is 5.75 Å². The first-order valence-electron chi connectivity index (χ1n) is 8.74. The second kappa shape index (κ2) is 9.33. The first kappa shape index (κ1) is 18.4. The van der Waals surface area contributed by atoms with Crippen LogP contribution in [0.1, 0.15) is 21.6 Å². The number of nitrogens with one attached hydrogen (secondary N) is 2. The van der Waals surface area contributed by atoms with Crippen molar-refractivity contribution in [3.05, 3.63) is 83.9 Å². The largest absolute Gasteiger partial charge is 0.497 e. The summed E-state index contributed by atoms with van der Waals surface area (Å²) in [5, 5.41) is 6.16. The van der Waals surface area contributed by atoms with Gasteiger partial charge in [0.05, 0.1) is 19.0 Å². The van der Waals surface area contributed by atoms with Crippen LogP contribution in [0.25, 0.3) is 0 Å². The molecule has 0 aliphatic heterocycles. The summed E-state index contributed by atoms with van der Waals surface area (Å²) in [6.45, 7) is 1.23. The second-order valence-corrected chi connectivity index (χ2v) is 6.00. The summed E-state index contributed by atoms with van der Waals surface area (Å²) in [4.78, 5) is 20.4. The Morgan fingerprint density at radius 3 is 2.44 bits per heavy atom. The maximum atomic E-state index is 12.2. The van der Waals surface area contributed by atoms with Crippen LogP contribution in [0.2, 0.25) is 0 Å². The Morgan fingerprint density at radius 2 is 1.78 bits per heavy atom. The van der Waals surface area contributed by atoms with Gasteiger partial charge < -0.3 is 15.4 Å². The molecule has 0 bridgehead atoms. The number of nitrogens with zero attached hydrogens (tertiary/aromatic N) is 2. The number of pyridine rings is 2. The average Bonchev–Trinajstić information content (AvgIpc) is 2.74. The molecule has 0 fully saturated rings. The zero-order valence-corrected chi connectivity index (χ0v) is 15.2. The number of methoxy groups -OCH3 is 1. The van der Waals surface area contributed by atoms with Gasteiger partial charge in [0, 0.05) is 25.5 Å². The van der Waals surface area contributed by atoms with Gasteiger partial charge in [-0.3, -0.25) is 9.78 Å². The summed E-state index contributed by atoms with van der Waals surface area (Å²) < 4.78 is 5.14. The van der Waals surface area contributed by atoms with Crippen molar-refractivity contribution >= 4 is 11.6 Å². The Morgan fingerprint density at radius 1 is 1.00 bits per heavy atom. The third-order valence-electron chi connectivity index (χ3n) is 4.10. The van der Waals surface area contributed by atoms with Crippen molar-refractivity contribution in [2.75, 3.05) is 19.0 Å². The molecule has 3 aromatic rings. The molecule has 0 unspecified atom stereocenters. The highest BCUT2D eigenvalue weighted by molar-refractivity contribution is 5.92. The molecule has 2 aromatic heterocycles. The standard InChI is InChI=1S/C21H22N4O2/c1-27-19-5-2-16(3-6-19)10-13-23-21(26)20-7-4-18(15-25-20)24-14-17-8-11-22-12-9-17/h2-9,11-12,15,24H,10,13-14H2,1H3,(H,23,26). The van der Waals surface area contributed by atoms with E-state index in [-0.39, 0.29) is 5.91 Å². The van der Waals surface area contributed by atoms with E-state index in [0.717, 1.165) is 29.0 Å². The smallest absolute Gasteiger partial charge is 0.269 e. The van der Waals surface area contributed by atoms with Gasteiger partial charge in [-0.2, -0.15) is 0 Å². The van der Waals surface area contributed by atoms with Crippen LogP contribution in [0.15, 0.2) is 67.1 Å². The lowest BCUT2D eigenvalue weighted by Crippen LogP contribution is -2.26. The molecule has 0 aliphatic rings. The van der Waals surface area contributed by atoms with Gasteiger partial charge >= 0.3 is 0 Å². The van der Waals surface area contributed by atoms with Gasteiger partial charge in [-0.05, 0) is 53.9 Å². The zero-order chi connectivity index (χ0) is 18.9. The minimum Gasteiger partial charge on any atom is -0.497 e. The monoisotopic (exact) mass is 362 g/mol. The minimum atomic E-state index is -0.177. The lowest BCUT2D eigenvalue weighted by atomic mass is 10.1. The van der Waals surface area contributed by atoms with E-state index in [9.17, 15) is 4.79 Å². The number of aromatic nitrogens is 2. The fourth-order valence-corrected chi connectivity index (χ4v) is 2.54. The molecule has 2 N–H and O–H groups in total. The normalized spacial score (nSPS) is 10.3. The van der Waals surface area contributed by atoms with Gasteiger partial charge in [0.25, 0.3) is 5.91 Å². The number of rotatable bonds is 8. The van der Waals surface area contributed by atoms with E-state index < -0.39 is 0 Å². The predicted molar refractivity (Wildman–Crippen MR) is 105 cm³/mol. The summed E-state index contributed by atoms with van der Waals surface area (Å²) in [7, 11) is 1.64. The van der Waals surface area contributed by atoms with Gasteiger partial charge in [-0.15, -0.1) is 0 Å². The van der Waals surface area contributed by atoms with Crippen LogP contribution >= 0.6 is 0 Å². The zero-order valence-electron chi connectivity index (χ0n) is 15.2. The van der Waals surface area contributed by atoms with Crippen molar-refractivity contribution in [1.82, 2.24) is 15.3 Å². The SMILES string of the molecule is COc1ccc(CCNC(=O)c2ccc(NCc3ccncc3)cn2)cc1. The predicted octanol–water partition coefficient (Wildman–Crippen LogP) is 3.07. The highest BCUT2D eigenvalue weighted by Gasteiger charge is 2.06. The Balaban J connectivity index is 1.45. The molecule has 2 heterocycles. The number of benzene rings is 1. The first-order chi connectivity index (χ1) is 13.2. The molecule has 0 spiro atoms. The molecule has 27 heavy (non-hydrogen) atoms. The van der Waals surface area contributed by atoms with E-state index >= 15 is 0 Å². The molecule has 0 saturated heterocycles. The van der Waals surface area contributed by atoms with Crippen molar-refractivity contribution < 1.29 is 9.53 Å². The van der Waals surface area contributed by atoms with Crippen LogP contribution in [-0.2, 0) is 13.0 Å². The topological polar surface area (TPSA) is 76.1 Å². The molecule has 1 aromatic carbocycles. The lowest BCUT2D eigenvalue weighted by Gasteiger charge is -2.08. The molecule has 6 nitrogen and oxygen atoms in total. The molecular weight excluding hydrogens is 340 g/mol. The molecule has 0 atom stereocenters. The number of anilines is 1. The second-order valence-electron chi connectivity index (χ2n) is 6.00. The van der Waals surface area contributed by atoms with Crippen LogP contribution in [0.5, 0.6) is 5.75 Å². The summed E-state index contributed by atoms with van der Waals surface area (Å²) in [6.07, 6.45) is 5.93. The Labute approximate surface area is 158 Å². The Kier molecular flexibility index (Phi) is 6.35. The van der Waals surface area contributed by atoms with Crippen LogP contribution in [0.3, 0.4) is 0 Å². The van der Waals surface area contributed by atoms with E-state index in [1.54, 1.807) is 31.8 Å². The lowest BCUT2D eigenvalue weighted by molar-refractivity contribution is 0.0949. The van der Waals surface area contributed by atoms with Gasteiger partial charge in [-0.25, -0.2) is 4.98 Å². The van der Waals surface area contributed by atoms with Crippen molar-refractivity contribution in [2.45, 2.75) is 13.0 Å². The molecule has 6 heteroatoms. The van der Waals surface area contributed by atoms with E-state index in [4.69, 9.17) is 4.74 Å². The third-order valence-corrected chi connectivity index (χ3v) is 4.10. The highest BCUT2D eigenvalue weighted by atomic mass is 16.5. The van der Waals surface area contributed by atoms with E-state index in [2.05, 4.69) is 20.6 Å². The van der Waals surface area contributed by atoms with Crippen molar-refractivity contribution in [3.63, 3.8) is 0 Å². The fraction of sp³-hybridized carbons (Fsp3) is 0.190. The molecule has 0 radical (unpaired) electrons. The minimum absolute atomic E-state index is 0.177. The quantitative estimate of drug-likeness (QED) is 0.644. The maximum Gasteiger partial charge on any atom is 0.269 e. The molecular formula is C21H22N4O2. The van der Waals surface area contributed by atoms with E-state index in [0.29, 0.717) is 18.8 Å². The maximum absolute atomic E-state index is 12.2. The van der Waals surface area contributed by atoms with Crippen LogP contribution in [0, 0.1) is 0 Å². The van der Waals surface area contributed by atoms with Crippen molar-refractivity contribution in [2.24, 2.45) is 0 Å². The summed E-state index contributed by atoms with van der Waals surface area (Å²) in [5.74, 6) is 0.647. The molecule has 1 amide bonds. The van der Waals surface area contributed by atoms with Crippen molar-refractivity contribution in [1.29, 1.82) is 0 Å². The van der Waals surface area contributed by atoms with E-state index in [1.807, 2.05) is 42.5 Å². The summed E-state index contributed by atoms with van der Waals surface area (Å²) in [5.41, 5.74) is 3.53. The Hall–Kier alpha value is -3.41. The molecule has 0 saturated carbocycles. The Bertz CT molecular complexity index is 850. The number of hydrogen-bond acceptors (Lipinski definition) is 5. The number of ether oxygens (including phenoxy) is 1. The van der Waals surface area contributed by atoms with Crippen LogP contribution in [0.4, 0.5) is 5.69 Å². The van der Waals surface area contributed by atoms with Crippen LogP contribution < -0.4 is 15.4 Å². The van der Waals surface area contributed by atoms with Gasteiger partial charge in [0.2, 0.25) is 0 Å². The summed E-state index contributed by atoms with van der Waals surface area (Å²) in [6, 6.07) is 15.3. The fourth-order valence-electron chi connectivity index (χ4n) is 2.54. The average molecular weight is 362 g/mol. The highest BCUT2D eigenvalue weighted by Crippen LogP contribution is 2.11. The van der Waals surface area contributed by atoms with E-state index in [1.165, 1.54) is 0 Å².